The molecule has 0 N–H and O–H groups in total. The van der Waals surface area contributed by atoms with Crippen LogP contribution in [-0.2, 0) is 15.5 Å². The summed E-state index contributed by atoms with van der Waals surface area (Å²) in [4.78, 5) is 0. The van der Waals surface area contributed by atoms with Gasteiger partial charge in [-0.15, -0.1) is 0 Å². The van der Waals surface area contributed by atoms with Gasteiger partial charge in [-0.2, -0.15) is 0 Å². The van der Waals surface area contributed by atoms with Crippen LogP contribution in [0.4, 0.5) is 0 Å². The quantitative estimate of drug-likeness (QED) is 0.599. The van der Waals surface area contributed by atoms with Crippen molar-refractivity contribution in [1.29, 1.82) is 0 Å². The summed E-state index contributed by atoms with van der Waals surface area (Å²) in [6, 6.07) is 0. The van der Waals surface area contributed by atoms with E-state index in [2.05, 4.69) is 19.1 Å². The molecule has 3 heteroatoms. The average Bonchev–Trinajstić information content (AvgIpc) is 2.38. The second kappa shape index (κ2) is 3.21. The Hall–Kier alpha value is -0.150. The molecule has 0 bridgehead atoms. The lowest BCUT2D eigenvalue weighted by Crippen LogP contribution is -2.37. The molecule has 1 heterocycles. The second-order valence-corrected chi connectivity index (χ2v) is 5.77. The second-order valence-electron chi connectivity index (χ2n) is 4.11. The zero-order valence-corrected chi connectivity index (χ0v) is 8.97. The van der Waals surface area contributed by atoms with Gasteiger partial charge in [0.2, 0.25) is 0 Å². The van der Waals surface area contributed by atoms with Gasteiger partial charge in [0.1, 0.15) is 0 Å². The van der Waals surface area contributed by atoms with Crippen LogP contribution in [0.5, 0.6) is 0 Å². The molecule has 1 aliphatic heterocycles. The van der Waals surface area contributed by atoms with Gasteiger partial charge in [0, 0.05) is 28.6 Å². The minimum atomic E-state index is -0.685. The molecule has 0 aromatic heterocycles. The SMILES string of the molecule is CO[C@@H]1C[S@@](=O)[C@H]2CCC=C[C@]21C. The predicted octanol–water partition coefficient (Wildman–Crippen LogP) is 1.49. The van der Waals surface area contributed by atoms with Crippen molar-refractivity contribution in [3.8, 4) is 0 Å². The molecule has 2 aliphatic rings. The number of allylic oxidation sites excluding steroid dienone is 1. The number of hydrogen-bond donors (Lipinski definition) is 0. The van der Waals surface area contributed by atoms with E-state index in [-0.39, 0.29) is 11.5 Å². The molecule has 4 atom stereocenters. The molecule has 2 rings (SSSR count). The van der Waals surface area contributed by atoms with E-state index in [4.69, 9.17) is 4.74 Å². The van der Waals surface area contributed by atoms with Crippen molar-refractivity contribution >= 4 is 10.8 Å². The van der Waals surface area contributed by atoms with Gasteiger partial charge >= 0.3 is 0 Å². The van der Waals surface area contributed by atoms with E-state index < -0.39 is 10.8 Å². The Balaban J connectivity index is 2.34. The van der Waals surface area contributed by atoms with Gasteiger partial charge in [-0.05, 0) is 12.8 Å². The molecule has 0 amide bonds. The highest BCUT2D eigenvalue weighted by atomic mass is 32.2. The molecule has 0 unspecified atom stereocenters. The normalized spacial score (nSPS) is 49.2. The van der Waals surface area contributed by atoms with Crippen LogP contribution < -0.4 is 0 Å². The van der Waals surface area contributed by atoms with Gasteiger partial charge in [-0.3, -0.25) is 4.21 Å². The van der Waals surface area contributed by atoms with Crippen molar-refractivity contribution in [2.75, 3.05) is 12.9 Å². The van der Waals surface area contributed by atoms with Crippen LogP contribution in [-0.4, -0.2) is 28.4 Å². The van der Waals surface area contributed by atoms with E-state index in [1.807, 2.05) is 0 Å². The highest BCUT2D eigenvalue weighted by Gasteiger charge is 2.50. The highest BCUT2D eigenvalue weighted by molar-refractivity contribution is 7.86. The summed E-state index contributed by atoms with van der Waals surface area (Å²) in [6.45, 7) is 2.17. The topological polar surface area (TPSA) is 26.3 Å². The fourth-order valence-corrected chi connectivity index (χ4v) is 4.72. The first kappa shape index (κ1) is 9.41. The van der Waals surface area contributed by atoms with Gasteiger partial charge in [-0.1, -0.05) is 19.1 Å². The molecule has 0 saturated carbocycles. The lowest BCUT2D eigenvalue weighted by atomic mass is 9.76. The average molecular weight is 200 g/mol. The Morgan fingerprint density at radius 3 is 3.08 bits per heavy atom. The number of ether oxygens (including phenoxy) is 1. The molecule has 1 saturated heterocycles. The summed E-state index contributed by atoms with van der Waals surface area (Å²) < 4.78 is 17.2. The van der Waals surface area contributed by atoms with Crippen LogP contribution in [0, 0.1) is 5.41 Å². The van der Waals surface area contributed by atoms with E-state index in [1.54, 1.807) is 7.11 Å². The van der Waals surface area contributed by atoms with Crippen LogP contribution in [0.25, 0.3) is 0 Å². The standard InChI is InChI=1S/C10H16O2S/c1-10-6-4-3-5-9(10)13(11)7-8(10)12-2/h4,6,8-9H,3,5,7H2,1-2H3/t8-,9+,10+,13-/m1/s1. The zero-order chi connectivity index (χ0) is 9.47. The molecule has 0 spiro atoms. The van der Waals surface area contributed by atoms with Gasteiger partial charge in [0.15, 0.2) is 0 Å². The molecule has 1 aliphatic carbocycles. The molecule has 74 valence electrons. The van der Waals surface area contributed by atoms with Crippen molar-refractivity contribution in [2.45, 2.75) is 31.1 Å². The van der Waals surface area contributed by atoms with Crippen LogP contribution in [0.15, 0.2) is 12.2 Å². The number of hydrogen-bond acceptors (Lipinski definition) is 2. The van der Waals surface area contributed by atoms with Crippen molar-refractivity contribution in [3.63, 3.8) is 0 Å². The van der Waals surface area contributed by atoms with Crippen molar-refractivity contribution < 1.29 is 8.95 Å². The van der Waals surface area contributed by atoms with Crippen molar-refractivity contribution in [1.82, 2.24) is 0 Å². The summed E-state index contributed by atoms with van der Waals surface area (Å²) >= 11 is 0. The summed E-state index contributed by atoms with van der Waals surface area (Å²) in [5.41, 5.74) is 0.0257. The fraction of sp³-hybridized carbons (Fsp3) is 0.800. The Morgan fingerprint density at radius 2 is 2.38 bits per heavy atom. The molecule has 2 nitrogen and oxygen atoms in total. The Morgan fingerprint density at radius 1 is 1.62 bits per heavy atom. The number of methoxy groups -OCH3 is 1. The Kier molecular flexibility index (Phi) is 2.32. The minimum absolute atomic E-state index is 0.0257. The maximum Gasteiger partial charge on any atom is 0.0786 e. The van der Waals surface area contributed by atoms with Crippen molar-refractivity contribution in [2.24, 2.45) is 5.41 Å². The van der Waals surface area contributed by atoms with E-state index in [0.29, 0.717) is 11.0 Å². The smallest absolute Gasteiger partial charge is 0.0786 e. The lowest BCUT2D eigenvalue weighted by molar-refractivity contribution is 0.0454. The Labute approximate surface area is 81.8 Å². The fourth-order valence-electron chi connectivity index (χ4n) is 2.50. The van der Waals surface area contributed by atoms with E-state index >= 15 is 0 Å². The van der Waals surface area contributed by atoms with Crippen LogP contribution in [0.2, 0.25) is 0 Å². The van der Waals surface area contributed by atoms with E-state index in [0.717, 1.165) is 12.8 Å². The first-order valence-electron chi connectivity index (χ1n) is 4.76. The molecular weight excluding hydrogens is 184 g/mol. The summed E-state index contributed by atoms with van der Waals surface area (Å²) in [6.07, 6.45) is 6.68. The third-order valence-electron chi connectivity index (χ3n) is 3.38. The van der Waals surface area contributed by atoms with Crippen LogP contribution in [0.3, 0.4) is 0 Å². The maximum atomic E-state index is 11.8. The molecule has 0 aromatic rings. The summed E-state index contributed by atoms with van der Waals surface area (Å²) in [7, 11) is 1.04. The minimum Gasteiger partial charge on any atom is -0.380 e. The Bertz CT molecular complexity index is 262. The van der Waals surface area contributed by atoms with Crippen LogP contribution in [0.1, 0.15) is 19.8 Å². The number of fused-ring (bicyclic) bond motifs is 1. The molecule has 0 radical (unpaired) electrons. The van der Waals surface area contributed by atoms with Gasteiger partial charge in [0.25, 0.3) is 0 Å². The molecule has 0 aromatic carbocycles. The van der Waals surface area contributed by atoms with Gasteiger partial charge < -0.3 is 4.74 Å². The third-order valence-corrected chi connectivity index (χ3v) is 5.39. The highest BCUT2D eigenvalue weighted by Crippen LogP contribution is 2.44. The van der Waals surface area contributed by atoms with E-state index in [9.17, 15) is 4.21 Å². The largest absolute Gasteiger partial charge is 0.380 e. The first-order chi connectivity index (χ1) is 6.18. The van der Waals surface area contributed by atoms with Gasteiger partial charge in [0.05, 0.1) is 11.9 Å². The maximum absolute atomic E-state index is 11.8. The number of rotatable bonds is 1. The molecule has 1 fully saturated rings. The molecular formula is C10H16O2S. The monoisotopic (exact) mass is 200 g/mol. The van der Waals surface area contributed by atoms with Crippen LogP contribution >= 0.6 is 0 Å². The van der Waals surface area contributed by atoms with E-state index in [1.165, 1.54) is 0 Å². The predicted molar refractivity (Wildman–Crippen MR) is 54.1 cm³/mol. The summed E-state index contributed by atoms with van der Waals surface area (Å²) in [5.74, 6) is 0.710. The zero-order valence-electron chi connectivity index (χ0n) is 8.16. The third kappa shape index (κ3) is 1.29. The molecule has 13 heavy (non-hydrogen) atoms. The lowest BCUT2D eigenvalue weighted by Gasteiger charge is -2.34. The summed E-state index contributed by atoms with van der Waals surface area (Å²) in [5, 5.41) is 0.322. The van der Waals surface area contributed by atoms with Crippen molar-refractivity contribution in [3.05, 3.63) is 12.2 Å². The van der Waals surface area contributed by atoms with Gasteiger partial charge in [-0.25, -0.2) is 0 Å². The first-order valence-corrected chi connectivity index (χ1v) is 6.14.